The monoisotopic (exact) mass is 275 g/mol. The fraction of sp³-hybridized carbons (Fsp3) is 0.312. The van der Waals surface area contributed by atoms with Gasteiger partial charge >= 0.3 is 0 Å². The predicted octanol–water partition coefficient (Wildman–Crippen LogP) is 3.53. The van der Waals surface area contributed by atoms with Gasteiger partial charge in [0.05, 0.1) is 0 Å². The van der Waals surface area contributed by atoms with Gasteiger partial charge in [-0.15, -0.1) is 0 Å². The maximum atomic E-state index is 13.4. The topological polar surface area (TPSA) is 31.2 Å². The number of nitrogens with zero attached hydrogens (tertiary/aromatic N) is 1. The van der Waals surface area contributed by atoms with Crippen molar-refractivity contribution >= 4 is 5.78 Å². The van der Waals surface area contributed by atoms with Crippen LogP contribution >= 0.6 is 0 Å². The van der Waals surface area contributed by atoms with E-state index in [1.165, 1.54) is 12.1 Å². The molecule has 1 aromatic carbocycles. The number of rotatable bonds is 5. The molecule has 0 spiro atoms. The van der Waals surface area contributed by atoms with E-state index in [9.17, 15) is 9.18 Å². The number of aromatic nitrogens is 1. The number of hydrogen-bond donors (Lipinski definition) is 0. The number of carbonyl (C=O) groups excluding carboxylic acids is 1. The lowest BCUT2D eigenvalue weighted by Gasteiger charge is -2.07. The first-order chi connectivity index (χ1) is 9.54. The largest absolute Gasteiger partial charge is 0.482 e. The number of para-hydroxylation sites is 1. The number of benzene rings is 1. The van der Waals surface area contributed by atoms with Crippen LogP contribution in [-0.4, -0.2) is 17.0 Å². The van der Waals surface area contributed by atoms with Crippen LogP contribution in [-0.2, 0) is 6.54 Å². The first-order valence-corrected chi connectivity index (χ1v) is 6.61. The van der Waals surface area contributed by atoms with E-state index in [0.717, 1.165) is 17.9 Å². The van der Waals surface area contributed by atoms with Gasteiger partial charge < -0.3 is 9.30 Å². The summed E-state index contributed by atoms with van der Waals surface area (Å²) in [5.41, 5.74) is 2.60. The Morgan fingerprint density at radius 1 is 1.30 bits per heavy atom. The molecule has 0 fully saturated rings. The normalized spacial score (nSPS) is 10.6. The summed E-state index contributed by atoms with van der Waals surface area (Å²) < 4.78 is 20.7. The molecule has 0 saturated carbocycles. The molecular weight excluding hydrogens is 257 g/mol. The summed E-state index contributed by atoms with van der Waals surface area (Å²) in [5, 5.41) is 0. The van der Waals surface area contributed by atoms with E-state index in [-0.39, 0.29) is 18.1 Å². The first-order valence-electron chi connectivity index (χ1n) is 6.61. The van der Waals surface area contributed by atoms with Crippen molar-refractivity contribution in [3.05, 3.63) is 53.1 Å². The van der Waals surface area contributed by atoms with E-state index >= 15 is 0 Å². The van der Waals surface area contributed by atoms with E-state index in [1.807, 2.05) is 26.8 Å². The summed E-state index contributed by atoms with van der Waals surface area (Å²) in [4.78, 5) is 12.2. The summed E-state index contributed by atoms with van der Waals surface area (Å²) in [5.74, 6) is -0.495. The molecule has 0 aliphatic rings. The van der Waals surface area contributed by atoms with Gasteiger partial charge in [-0.05, 0) is 39.0 Å². The zero-order valence-electron chi connectivity index (χ0n) is 11.9. The molecule has 20 heavy (non-hydrogen) atoms. The highest BCUT2D eigenvalue weighted by molar-refractivity contribution is 5.98. The minimum Gasteiger partial charge on any atom is -0.482 e. The van der Waals surface area contributed by atoms with Crippen LogP contribution < -0.4 is 4.74 Å². The lowest BCUT2D eigenvalue weighted by Crippen LogP contribution is -2.13. The molecule has 0 radical (unpaired) electrons. The van der Waals surface area contributed by atoms with Gasteiger partial charge in [-0.25, -0.2) is 4.39 Å². The fourth-order valence-electron chi connectivity index (χ4n) is 2.35. The van der Waals surface area contributed by atoms with Gasteiger partial charge in [0.1, 0.15) is 0 Å². The van der Waals surface area contributed by atoms with Crippen molar-refractivity contribution in [3.63, 3.8) is 0 Å². The summed E-state index contributed by atoms with van der Waals surface area (Å²) in [6.45, 7) is 6.57. The van der Waals surface area contributed by atoms with Crippen molar-refractivity contribution in [1.82, 2.24) is 4.57 Å². The van der Waals surface area contributed by atoms with Crippen molar-refractivity contribution in [1.29, 1.82) is 0 Å². The molecule has 1 heterocycles. The van der Waals surface area contributed by atoms with Gasteiger partial charge in [-0.1, -0.05) is 12.1 Å². The fourth-order valence-corrected chi connectivity index (χ4v) is 2.35. The molecule has 0 bridgehead atoms. The number of hydrogen-bond acceptors (Lipinski definition) is 2. The quantitative estimate of drug-likeness (QED) is 0.782. The Kier molecular flexibility index (Phi) is 4.23. The van der Waals surface area contributed by atoms with Gasteiger partial charge in [-0.2, -0.15) is 0 Å². The molecule has 0 saturated heterocycles. The maximum absolute atomic E-state index is 13.4. The minimum atomic E-state index is -0.459. The second-order valence-corrected chi connectivity index (χ2v) is 4.67. The van der Waals surface area contributed by atoms with E-state index in [0.29, 0.717) is 5.56 Å². The highest BCUT2D eigenvalue weighted by Gasteiger charge is 2.16. The van der Waals surface area contributed by atoms with Gasteiger partial charge in [0.2, 0.25) is 5.78 Å². The standard InChI is InChI=1S/C16H18FNO2/c1-4-18-11(2)9-13(12(18)3)15(19)10-20-16-8-6-5-7-14(16)17/h5-9H,4,10H2,1-3H3. The third-order valence-electron chi connectivity index (χ3n) is 3.39. The lowest BCUT2D eigenvalue weighted by atomic mass is 10.1. The van der Waals surface area contributed by atoms with Crippen molar-refractivity contribution in [2.45, 2.75) is 27.3 Å². The van der Waals surface area contributed by atoms with E-state index in [4.69, 9.17) is 4.74 Å². The molecule has 4 heteroatoms. The Morgan fingerprint density at radius 2 is 2.00 bits per heavy atom. The molecular formula is C16H18FNO2. The van der Waals surface area contributed by atoms with Crippen molar-refractivity contribution in [3.8, 4) is 5.75 Å². The highest BCUT2D eigenvalue weighted by atomic mass is 19.1. The van der Waals surface area contributed by atoms with Gasteiger partial charge in [-0.3, -0.25) is 4.79 Å². The number of carbonyl (C=O) groups is 1. The third-order valence-corrected chi connectivity index (χ3v) is 3.39. The Balaban J connectivity index is 2.12. The maximum Gasteiger partial charge on any atom is 0.202 e. The smallest absolute Gasteiger partial charge is 0.202 e. The summed E-state index contributed by atoms with van der Waals surface area (Å²) in [6.07, 6.45) is 0. The predicted molar refractivity (Wildman–Crippen MR) is 75.8 cm³/mol. The number of aryl methyl sites for hydroxylation is 1. The van der Waals surface area contributed by atoms with Crippen molar-refractivity contribution in [2.75, 3.05) is 6.61 Å². The van der Waals surface area contributed by atoms with Crippen LogP contribution in [0.25, 0.3) is 0 Å². The molecule has 0 amide bonds. The first kappa shape index (κ1) is 14.3. The number of ether oxygens (including phenoxy) is 1. The molecule has 0 aliphatic heterocycles. The number of halogens is 1. The highest BCUT2D eigenvalue weighted by Crippen LogP contribution is 2.18. The Bertz CT molecular complexity index is 631. The molecule has 2 aromatic rings. The molecule has 0 N–H and O–H groups in total. The van der Waals surface area contributed by atoms with Crippen LogP contribution in [0.2, 0.25) is 0 Å². The third kappa shape index (κ3) is 2.74. The molecule has 0 atom stereocenters. The second-order valence-electron chi connectivity index (χ2n) is 4.67. The van der Waals surface area contributed by atoms with Crippen LogP contribution in [0.3, 0.4) is 0 Å². The van der Waals surface area contributed by atoms with Gasteiger partial charge in [0.25, 0.3) is 0 Å². The Hall–Kier alpha value is -2.10. The van der Waals surface area contributed by atoms with Gasteiger partial charge in [0.15, 0.2) is 18.2 Å². The van der Waals surface area contributed by atoms with E-state index in [2.05, 4.69) is 4.57 Å². The average Bonchev–Trinajstić information content (AvgIpc) is 2.72. The summed E-state index contributed by atoms with van der Waals surface area (Å²) >= 11 is 0. The van der Waals surface area contributed by atoms with Crippen LogP contribution in [0, 0.1) is 19.7 Å². The second kappa shape index (κ2) is 5.90. The van der Waals surface area contributed by atoms with Crippen LogP contribution in [0.5, 0.6) is 5.75 Å². The minimum absolute atomic E-state index is 0.102. The van der Waals surface area contributed by atoms with Crippen molar-refractivity contribution in [2.24, 2.45) is 0 Å². The summed E-state index contributed by atoms with van der Waals surface area (Å²) in [6, 6.07) is 7.93. The zero-order chi connectivity index (χ0) is 14.7. The van der Waals surface area contributed by atoms with Crippen molar-refractivity contribution < 1.29 is 13.9 Å². The number of ketones is 1. The SMILES string of the molecule is CCn1c(C)cc(C(=O)COc2ccccc2F)c1C. The molecule has 2 rings (SSSR count). The Morgan fingerprint density at radius 3 is 2.60 bits per heavy atom. The van der Waals surface area contributed by atoms with E-state index < -0.39 is 5.82 Å². The Labute approximate surface area is 118 Å². The number of Topliss-reactive ketones (excluding diaryl/α,β-unsaturated/α-hetero) is 1. The molecule has 3 nitrogen and oxygen atoms in total. The van der Waals surface area contributed by atoms with Crippen LogP contribution in [0.1, 0.15) is 28.7 Å². The van der Waals surface area contributed by atoms with Crippen LogP contribution in [0.4, 0.5) is 4.39 Å². The molecule has 1 aromatic heterocycles. The van der Waals surface area contributed by atoms with Gasteiger partial charge in [0, 0.05) is 23.5 Å². The zero-order valence-corrected chi connectivity index (χ0v) is 11.9. The lowest BCUT2D eigenvalue weighted by molar-refractivity contribution is 0.0918. The molecule has 0 aliphatic carbocycles. The molecule has 106 valence electrons. The van der Waals surface area contributed by atoms with Crippen LogP contribution in [0.15, 0.2) is 30.3 Å². The molecule has 0 unspecified atom stereocenters. The van der Waals surface area contributed by atoms with E-state index in [1.54, 1.807) is 12.1 Å². The summed E-state index contributed by atoms with van der Waals surface area (Å²) in [7, 11) is 0. The average molecular weight is 275 g/mol.